The monoisotopic (exact) mass is 421 g/mol. The lowest BCUT2D eigenvalue weighted by Gasteiger charge is -2.15. The predicted molar refractivity (Wildman–Crippen MR) is 120 cm³/mol. The molecule has 1 N–H and O–H groups in total. The van der Waals surface area contributed by atoms with E-state index in [1.807, 2.05) is 43.3 Å². The Kier molecular flexibility index (Phi) is 7.65. The molecule has 0 heterocycles. The molecule has 0 fully saturated rings. The molecule has 0 radical (unpaired) electrons. The van der Waals surface area contributed by atoms with Gasteiger partial charge in [-0.2, -0.15) is 0 Å². The van der Waals surface area contributed by atoms with E-state index < -0.39 is 0 Å². The molecule has 0 unspecified atom stereocenters. The second-order valence-corrected chi connectivity index (χ2v) is 7.82. The van der Waals surface area contributed by atoms with Crippen LogP contribution >= 0.6 is 0 Å². The molecule has 162 valence electrons. The van der Waals surface area contributed by atoms with Crippen LogP contribution in [-0.4, -0.2) is 12.5 Å². The molecule has 0 aliphatic carbocycles. The van der Waals surface area contributed by atoms with Crippen LogP contribution in [-0.2, 0) is 17.9 Å². The second-order valence-electron chi connectivity index (χ2n) is 7.82. The topological polar surface area (TPSA) is 47.6 Å². The van der Waals surface area contributed by atoms with Crippen LogP contribution in [0.15, 0.2) is 66.7 Å². The highest BCUT2D eigenvalue weighted by molar-refractivity contribution is 5.77. The average Bonchev–Trinajstić information content (AvgIpc) is 2.76. The van der Waals surface area contributed by atoms with E-state index in [0.29, 0.717) is 24.8 Å². The summed E-state index contributed by atoms with van der Waals surface area (Å²) in [6.45, 7) is 6.96. The molecule has 5 heteroatoms. The molecule has 0 bridgehead atoms. The fourth-order valence-electron chi connectivity index (χ4n) is 3.09. The van der Waals surface area contributed by atoms with Gasteiger partial charge in [0.05, 0.1) is 0 Å². The molecular weight excluding hydrogens is 393 g/mol. The molecule has 4 nitrogen and oxygen atoms in total. The highest BCUT2D eigenvalue weighted by Gasteiger charge is 2.10. The molecule has 0 spiro atoms. The Morgan fingerprint density at radius 3 is 2.29 bits per heavy atom. The molecular formula is C26H28FNO3. The Labute approximate surface area is 183 Å². The third-order valence-corrected chi connectivity index (χ3v) is 4.88. The van der Waals surface area contributed by atoms with Crippen molar-refractivity contribution in [2.24, 2.45) is 0 Å². The second kappa shape index (κ2) is 10.6. The Hall–Kier alpha value is -3.34. The van der Waals surface area contributed by atoms with Crippen molar-refractivity contribution in [1.29, 1.82) is 0 Å². The van der Waals surface area contributed by atoms with Crippen molar-refractivity contribution in [2.75, 3.05) is 6.61 Å². The number of hydrogen-bond donors (Lipinski definition) is 1. The fraction of sp³-hybridized carbons (Fsp3) is 0.269. The van der Waals surface area contributed by atoms with Gasteiger partial charge in [0, 0.05) is 6.54 Å². The van der Waals surface area contributed by atoms with E-state index in [1.54, 1.807) is 12.1 Å². The zero-order valence-electron chi connectivity index (χ0n) is 18.2. The molecule has 0 atom stereocenters. The summed E-state index contributed by atoms with van der Waals surface area (Å²) in [5.41, 5.74) is 4.05. The number of aryl methyl sites for hydroxylation is 1. The Bertz CT molecular complexity index is 998. The maximum Gasteiger partial charge on any atom is 0.258 e. The van der Waals surface area contributed by atoms with Crippen LogP contribution in [0, 0.1) is 12.7 Å². The van der Waals surface area contributed by atoms with Crippen LogP contribution < -0.4 is 14.8 Å². The summed E-state index contributed by atoms with van der Waals surface area (Å²) in [7, 11) is 0. The number of hydrogen-bond acceptors (Lipinski definition) is 3. The first kappa shape index (κ1) is 22.3. The third kappa shape index (κ3) is 6.85. The Morgan fingerprint density at radius 2 is 1.61 bits per heavy atom. The summed E-state index contributed by atoms with van der Waals surface area (Å²) < 4.78 is 24.4. The van der Waals surface area contributed by atoms with Crippen molar-refractivity contribution in [2.45, 2.75) is 39.8 Å². The number of carbonyl (C=O) groups is 1. The van der Waals surface area contributed by atoms with Gasteiger partial charge >= 0.3 is 0 Å². The number of benzene rings is 3. The summed E-state index contributed by atoms with van der Waals surface area (Å²) in [6.07, 6.45) is 0. The van der Waals surface area contributed by atoms with Gasteiger partial charge < -0.3 is 14.8 Å². The van der Waals surface area contributed by atoms with Gasteiger partial charge in [-0.05, 0) is 65.4 Å². The molecule has 0 aliphatic heterocycles. The van der Waals surface area contributed by atoms with Gasteiger partial charge in [0.15, 0.2) is 6.61 Å². The van der Waals surface area contributed by atoms with Gasteiger partial charge in [-0.3, -0.25) is 4.79 Å². The van der Waals surface area contributed by atoms with Crippen molar-refractivity contribution in [1.82, 2.24) is 5.32 Å². The van der Waals surface area contributed by atoms with Crippen LogP contribution in [0.5, 0.6) is 11.5 Å². The number of amides is 1. The molecule has 0 aliphatic rings. The van der Waals surface area contributed by atoms with Gasteiger partial charge in [-0.15, -0.1) is 0 Å². The first-order valence-corrected chi connectivity index (χ1v) is 10.4. The summed E-state index contributed by atoms with van der Waals surface area (Å²) in [6, 6.07) is 19.8. The Morgan fingerprint density at radius 1 is 0.935 bits per heavy atom. The number of nitrogens with one attached hydrogen (secondary N) is 1. The number of carbonyl (C=O) groups excluding carboxylic acids is 1. The van der Waals surface area contributed by atoms with E-state index >= 15 is 0 Å². The molecule has 31 heavy (non-hydrogen) atoms. The average molecular weight is 422 g/mol. The van der Waals surface area contributed by atoms with E-state index in [0.717, 1.165) is 28.0 Å². The van der Waals surface area contributed by atoms with E-state index in [1.165, 1.54) is 12.1 Å². The molecule has 3 aromatic rings. The van der Waals surface area contributed by atoms with Crippen molar-refractivity contribution < 1.29 is 18.7 Å². The minimum absolute atomic E-state index is 0.0258. The number of ether oxygens (including phenoxy) is 2. The lowest BCUT2D eigenvalue weighted by Crippen LogP contribution is -2.28. The summed E-state index contributed by atoms with van der Waals surface area (Å²) in [5, 5.41) is 2.87. The lowest BCUT2D eigenvalue weighted by atomic mass is 10.0. The van der Waals surface area contributed by atoms with E-state index in [9.17, 15) is 9.18 Å². The van der Waals surface area contributed by atoms with Crippen LogP contribution in [0.3, 0.4) is 0 Å². The van der Waals surface area contributed by atoms with E-state index in [4.69, 9.17) is 9.47 Å². The normalized spacial score (nSPS) is 10.7. The molecule has 3 rings (SSSR count). The summed E-state index contributed by atoms with van der Waals surface area (Å²) in [5.74, 6) is 1.35. The van der Waals surface area contributed by atoms with Crippen LogP contribution in [0.4, 0.5) is 4.39 Å². The van der Waals surface area contributed by atoms with Gasteiger partial charge in [0.2, 0.25) is 0 Å². The predicted octanol–water partition coefficient (Wildman–Crippen LogP) is 5.53. The first-order valence-electron chi connectivity index (χ1n) is 10.4. The van der Waals surface area contributed by atoms with Crippen molar-refractivity contribution in [3.8, 4) is 11.5 Å². The van der Waals surface area contributed by atoms with Crippen molar-refractivity contribution >= 4 is 5.91 Å². The molecule has 1 amide bonds. The van der Waals surface area contributed by atoms with Crippen LogP contribution in [0.2, 0.25) is 0 Å². The minimum Gasteiger partial charge on any atom is -0.489 e. The zero-order chi connectivity index (χ0) is 22.2. The standard InChI is InChI=1S/C26H28FNO3/c1-18(2)24-13-4-19(3)14-25(24)31-17-26(29)28-15-20-7-11-23(12-8-20)30-16-21-5-9-22(27)10-6-21/h4-14,18H,15-17H2,1-3H3,(H,28,29). The summed E-state index contributed by atoms with van der Waals surface area (Å²) >= 11 is 0. The lowest BCUT2D eigenvalue weighted by molar-refractivity contribution is -0.123. The van der Waals surface area contributed by atoms with E-state index in [2.05, 4.69) is 25.2 Å². The van der Waals surface area contributed by atoms with Crippen molar-refractivity contribution in [3.05, 3.63) is 94.8 Å². The molecule has 0 saturated carbocycles. The van der Waals surface area contributed by atoms with Gasteiger partial charge in [-0.25, -0.2) is 4.39 Å². The van der Waals surface area contributed by atoms with Gasteiger partial charge in [-0.1, -0.05) is 50.2 Å². The van der Waals surface area contributed by atoms with Gasteiger partial charge in [0.1, 0.15) is 23.9 Å². The maximum absolute atomic E-state index is 12.9. The molecule has 3 aromatic carbocycles. The van der Waals surface area contributed by atoms with Gasteiger partial charge in [0.25, 0.3) is 5.91 Å². The molecule has 0 aromatic heterocycles. The third-order valence-electron chi connectivity index (χ3n) is 4.88. The first-order chi connectivity index (χ1) is 14.9. The number of halogens is 1. The van der Waals surface area contributed by atoms with E-state index in [-0.39, 0.29) is 18.3 Å². The highest BCUT2D eigenvalue weighted by Crippen LogP contribution is 2.27. The zero-order valence-corrected chi connectivity index (χ0v) is 18.2. The van der Waals surface area contributed by atoms with Crippen LogP contribution in [0.25, 0.3) is 0 Å². The summed E-state index contributed by atoms with van der Waals surface area (Å²) in [4.78, 5) is 12.2. The maximum atomic E-state index is 12.9. The fourth-order valence-corrected chi connectivity index (χ4v) is 3.09. The van der Waals surface area contributed by atoms with Crippen LogP contribution in [0.1, 0.15) is 42.0 Å². The smallest absolute Gasteiger partial charge is 0.258 e. The van der Waals surface area contributed by atoms with Crippen molar-refractivity contribution in [3.63, 3.8) is 0 Å². The highest BCUT2D eigenvalue weighted by atomic mass is 19.1. The SMILES string of the molecule is Cc1ccc(C(C)C)c(OCC(=O)NCc2ccc(OCc3ccc(F)cc3)cc2)c1. The minimum atomic E-state index is -0.264. The number of rotatable bonds is 9. The largest absolute Gasteiger partial charge is 0.489 e. The molecule has 0 saturated heterocycles. The Balaban J connectivity index is 1.45. The quantitative estimate of drug-likeness (QED) is 0.494.